The summed E-state index contributed by atoms with van der Waals surface area (Å²) in [5, 5.41) is 5.28. The molecule has 0 bridgehead atoms. The lowest BCUT2D eigenvalue weighted by Gasteiger charge is -2.07. The molecule has 0 spiro atoms. The summed E-state index contributed by atoms with van der Waals surface area (Å²) in [5.41, 5.74) is 5.27. The molecule has 1 aromatic heterocycles. The molecule has 0 aliphatic carbocycles. The summed E-state index contributed by atoms with van der Waals surface area (Å²) in [4.78, 5) is 13.3. The number of hydrogen-bond acceptors (Lipinski definition) is 2. The minimum atomic E-state index is -0.237. The van der Waals surface area contributed by atoms with Crippen LogP contribution in [0.15, 0.2) is 71.5 Å². The van der Waals surface area contributed by atoms with Crippen molar-refractivity contribution in [3.63, 3.8) is 0 Å². The van der Waals surface area contributed by atoms with Gasteiger partial charge in [-0.3, -0.25) is 0 Å². The van der Waals surface area contributed by atoms with Gasteiger partial charge in [-0.1, -0.05) is 65.2 Å². The molecule has 28 heavy (non-hydrogen) atoms. The van der Waals surface area contributed by atoms with Crippen LogP contribution in [0.4, 0.5) is 0 Å². The predicted molar refractivity (Wildman–Crippen MR) is 114 cm³/mol. The molecule has 0 aliphatic heterocycles. The number of rotatable bonds is 3. The van der Waals surface area contributed by atoms with Crippen molar-refractivity contribution in [2.75, 3.05) is 0 Å². The minimum absolute atomic E-state index is 0.237. The number of nitrogens with zero attached hydrogens (tertiary/aromatic N) is 3. The average Bonchev–Trinajstić information content (AvgIpc) is 3.02. The highest BCUT2D eigenvalue weighted by molar-refractivity contribution is 6.31. The van der Waals surface area contributed by atoms with E-state index in [2.05, 4.69) is 5.10 Å². The molecule has 0 saturated carbocycles. The monoisotopic (exact) mass is 389 g/mol. The van der Waals surface area contributed by atoms with E-state index in [9.17, 15) is 4.79 Å². The van der Waals surface area contributed by atoms with Crippen LogP contribution in [0.5, 0.6) is 0 Å². The molecule has 1 heterocycles. The van der Waals surface area contributed by atoms with Gasteiger partial charge in [0.25, 0.3) is 0 Å². The maximum Gasteiger partial charge on any atom is 0.355 e. The Hall–Kier alpha value is -3.11. The molecule has 4 aromatic rings. The third-order valence-electron chi connectivity index (χ3n) is 4.78. The molecule has 0 atom stereocenters. The van der Waals surface area contributed by atoms with Crippen molar-refractivity contribution in [2.45, 2.75) is 20.8 Å². The quantitative estimate of drug-likeness (QED) is 0.479. The third kappa shape index (κ3) is 3.27. The Labute approximate surface area is 168 Å². The molecule has 0 unspecified atom stereocenters. The first-order valence-electron chi connectivity index (χ1n) is 9.07. The van der Waals surface area contributed by atoms with Crippen LogP contribution in [-0.2, 0) is 0 Å². The molecular formula is C23H20ClN3O. The fourth-order valence-corrected chi connectivity index (χ4v) is 3.24. The van der Waals surface area contributed by atoms with Gasteiger partial charge in [0.2, 0.25) is 0 Å². The highest BCUT2D eigenvalue weighted by Crippen LogP contribution is 2.24. The zero-order valence-corrected chi connectivity index (χ0v) is 16.7. The van der Waals surface area contributed by atoms with E-state index in [4.69, 9.17) is 11.6 Å². The first-order valence-corrected chi connectivity index (χ1v) is 9.44. The second-order valence-corrected chi connectivity index (χ2v) is 7.40. The molecule has 5 heteroatoms. The Kier molecular flexibility index (Phi) is 4.65. The van der Waals surface area contributed by atoms with Gasteiger partial charge in [0, 0.05) is 10.6 Å². The highest BCUT2D eigenvalue weighted by atomic mass is 35.5. The SMILES string of the molecule is Cc1ccc(-c2nn(-c3ccc(C)cc3)c(=O)n2-c2ccc(C)c(Cl)c2)cc1. The topological polar surface area (TPSA) is 39.8 Å². The molecule has 0 N–H and O–H groups in total. The van der Waals surface area contributed by atoms with Crippen molar-refractivity contribution in [3.05, 3.63) is 98.9 Å². The molecular weight excluding hydrogens is 370 g/mol. The van der Waals surface area contributed by atoms with Gasteiger partial charge in [0.15, 0.2) is 5.82 Å². The number of hydrogen-bond donors (Lipinski definition) is 0. The number of aryl methyl sites for hydroxylation is 3. The normalized spacial score (nSPS) is 11.0. The van der Waals surface area contributed by atoms with Crippen molar-refractivity contribution in [2.24, 2.45) is 0 Å². The smallest absolute Gasteiger partial charge is 0.245 e. The molecule has 4 rings (SSSR count). The van der Waals surface area contributed by atoms with Gasteiger partial charge < -0.3 is 0 Å². The summed E-state index contributed by atoms with van der Waals surface area (Å²) in [6, 6.07) is 21.3. The number of aromatic nitrogens is 3. The highest BCUT2D eigenvalue weighted by Gasteiger charge is 2.18. The van der Waals surface area contributed by atoms with Gasteiger partial charge in [-0.2, -0.15) is 4.68 Å². The van der Waals surface area contributed by atoms with Crippen molar-refractivity contribution >= 4 is 11.6 Å². The molecule has 0 saturated heterocycles. The third-order valence-corrected chi connectivity index (χ3v) is 5.19. The zero-order chi connectivity index (χ0) is 19.8. The Morgan fingerprint density at radius 2 is 1.36 bits per heavy atom. The lowest BCUT2D eigenvalue weighted by Crippen LogP contribution is -2.23. The van der Waals surface area contributed by atoms with Gasteiger partial charge in [-0.15, -0.1) is 5.10 Å². The van der Waals surface area contributed by atoms with Crippen molar-refractivity contribution in [1.82, 2.24) is 14.3 Å². The van der Waals surface area contributed by atoms with Crippen LogP contribution in [0.25, 0.3) is 22.8 Å². The second kappa shape index (κ2) is 7.13. The predicted octanol–water partition coefficient (Wildman–Crippen LogP) is 5.27. The van der Waals surface area contributed by atoms with E-state index in [1.165, 1.54) is 4.68 Å². The van der Waals surface area contributed by atoms with Crippen LogP contribution >= 0.6 is 11.6 Å². The average molecular weight is 390 g/mol. The molecule has 0 radical (unpaired) electrons. The second-order valence-electron chi connectivity index (χ2n) is 6.99. The van der Waals surface area contributed by atoms with Crippen LogP contribution in [0.2, 0.25) is 5.02 Å². The van der Waals surface area contributed by atoms with E-state index in [1.807, 2.05) is 81.4 Å². The zero-order valence-electron chi connectivity index (χ0n) is 16.0. The summed E-state index contributed by atoms with van der Waals surface area (Å²) in [7, 11) is 0. The fraction of sp³-hybridized carbons (Fsp3) is 0.130. The molecule has 3 aromatic carbocycles. The first kappa shape index (κ1) is 18.3. The van der Waals surface area contributed by atoms with Crippen LogP contribution in [0.1, 0.15) is 16.7 Å². The first-order chi connectivity index (χ1) is 13.4. The summed E-state index contributed by atoms with van der Waals surface area (Å²) < 4.78 is 3.04. The Balaban J connectivity index is 1.99. The minimum Gasteiger partial charge on any atom is -0.245 e. The standard InChI is InChI=1S/C23H20ClN3O/c1-15-4-9-18(10-5-15)22-25-27(19-11-6-16(2)7-12-19)23(28)26(22)20-13-8-17(3)21(24)14-20/h4-14H,1-3H3. The fourth-order valence-electron chi connectivity index (χ4n) is 3.06. The molecule has 0 amide bonds. The molecule has 140 valence electrons. The van der Waals surface area contributed by atoms with Crippen molar-refractivity contribution in [1.29, 1.82) is 0 Å². The Morgan fingerprint density at radius 3 is 1.96 bits per heavy atom. The molecule has 0 fully saturated rings. The van der Waals surface area contributed by atoms with Gasteiger partial charge in [0.05, 0.1) is 11.4 Å². The van der Waals surface area contributed by atoms with E-state index in [0.29, 0.717) is 16.5 Å². The maximum absolute atomic E-state index is 13.3. The molecule has 0 aliphatic rings. The van der Waals surface area contributed by atoms with E-state index in [1.54, 1.807) is 10.6 Å². The van der Waals surface area contributed by atoms with E-state index in [-0.39, 0.29) is 5.69 Å². The Morgan fingerprint density at radius 1 is 0.786 bits per heavy atom. The van der Waals surface area contributed by atoms with Gasteiger partial charge in [0.1, 0.15) is 0 Å². The lowest BCUT2D eigenvalue weighted by atomic mass is 10.1. The maximum atomic E-state index is 13.3. The number of halogens is 1. The van der Waals surface area contributed by atoms with Crippen LogP contribution in [-0.4, -0.2) is 14.3 Å². The number of benzene rings is 3. The largest absolute Gasteiger partial charge is 0.355 e. The summed E-state index contributed by atoms with van der Waals surface area (Å²) in [6.45, 7) is 5.98. The van der Waals surface area contributed by atoms with Crippen LogP contribution in [0, 0.1) is 20.8 Å². The Bertz CT molecular complexity index is 1200. The summed E-state index contributed by atoms with van der Waals surface area (Å²) in [5.74, 6) is 0.575. The lowest BCUT2D eigenvalue weighted by molar-refractivity contribution is 0.829. The summed E-state index contributed by atoms with van der Waals surface area (Å²) >= 11 is 6.33. The van der Waals surface area contributed by atoms with Crippen LogP contribution in [0.3, 0.4) is 0 Å². The van der Waals surface area contributed by atoms with E-state index >= 15 is 0 Å². The van der Waals surface area contributed by atoms with E-state index in [0.717, 1.165) is 27.9 Å². The van der Waals surface area contributed by atoms with Crippen molar-refractivity contribution in [3.8, 4) is 22.8 Å². The summed E-state index contributed by atoms with van der Waals surface area (Å²) in [6.07, 6.45) is 0. The van der Waals surface area contributed by atoms with Crippen LogP contribution < -0.4 is 5.69 Å². The van der Waals surface area contributed by atoms with Gasteiger partial charge >= 0.3 is 5.69 Å². The van der Waals surface area contributed by atoms with Crippen molar-refractivity contribution < 1.29 is 0 Å². The molecule has 4 nitrogen and oxygen atoms in total. The van der Waals surface area contributed by atoms with E-state index < -0.39 is 0 Å². The van der Waals surface area contributed by atoms with Gasteiger partial charge in [-0.05, 0) is 50.6 Å². The van der Waals surface area contributed by atoms with Gasteiger partial charge in [-0.25, -0.2) is 9.36 Å².